The smallest absolute Gasteiger partial charge is 0.326 e. The molecule has 0 aromatic heterocycles. The van der Waals surface area contributed by atoms with Crippen LogP contribution in [0.4, 0.5) is 0 Å². The Morgan fingerprint density at radius 3 is 2.81 bits per heavy atom. The number of esters is 1. The molecular formula is C14H26N2O4S. The summed E-state index contributed by atoms with van der Waals surface area (Å²) in [5, 5.41) is 0. The number of nitrogens with two attached hydrogens (primary N) is 1. The quantitative estimate of drug-likeness (QED) is 0.743. The number of methoxy groups -OCH3 is 1. The van der Waals surface area contributed by atoms with Gasteiger partial charge in [-0.2, -0.15) is 0 Å². The largest absolute Gasteiger partial charge is 0.468 e. The fourth-order valence-electron chi connectivity index (χ4n) is 3.52. The summed E-state index contributed by atoms with van der Waals surface area (Å²) in [5.41, 5.74) is 5.40. The fourth-order valence-corrected chi connectivity index (χ4v) is 4.82. The Bertz CT molecular complexity index is 479. The molecule has 2 rings (SSSR count). The van der Waals surface area contributed by atoms with E-state index in [4.69, 9.17) is 10.5 Å². The predicted molar refractivity (Wildman–Crippen MR) is 80.6 cm³/mol. The summed E-state index contributed by atoms with van der Waals surface area (Å²) in [4.78, 5) is 14.1. The Hall–Kier alpha value is -0.660. The number of hydrogen-bond acceptors (Lipinski definition) is 6. The maximum absolute atomic E-state index is 11.9. The Labute approximate surface area is 126 Å². The number of nitrogens with zero attached hydrogens (tertiary/aromatic N) is 1. The molecule has 1 heterocycles. The Balaban J connectivity index is 1.89. The highest BCUT2D eigenvalue weighted by atomic mass is 32.2. The molecule has 1 saturated carbocycles. The molecule has 0 aromatic carbocycles. The molecule has 1 aliphatic heterocycles. The van der Waals surface area contributed by atoms with Gasteiger partial charge >= 0.3 is 5.97 Å². The van der Waals surface area contributed by atoms with Crippen LogP contribution < -0.4 is 5.73 Å². The van der Waals surface area contributed by atoms with Crippen LogP contribution in [0.1, 0.15) is 32.1 Å². The van der Waals surface area contributed by atoms with E-state index >= 15 is 0 Å². The van der Waals surface area contributed by atoms with Crippen molar-refractivity contribution in [3.05, 3.63) is 0 Å². The molecule has 2 fully saturated rings. The number of hydrogen-bond donors (Lipinski definition) is 1. The lowest BCUT2D eigenvalue weighted by Crippen LogP contribution is -2.52. The van der Waals surface area contributed by atoms with Crippen LogP contribution in [0.3, 0.4) is 0 Å². The molecule has 0 radical (unpaired) electrons. The molecule has 2 N–H and O–H groups in total. The normalized spacial score (nSPS) is 33.5. The Kier molecular flexibility index (Phi) is 5.27. The zero-order valence-corrected chi connectivity index (χ0v) is 13.5. The lowest BCUT2D eigenvalue weighted by atomic mass is 9.85. The van der Waals surface area contributed by atoms with Crippen molar-refractivity contribution in [3.8, 4) is 0 Å². The van der Waals surface area contributed by atoms with E-state index in [2.05, 4.69) is 4.90 Å². The average molecular weight is 318 g/mol. The predicted octanol–water partition coefficient (Wildman–Crippen LogP) is 0.168. The van der Waals surface area contributed by atoms with E-state index in [-0.39, 0.29) is 23.4 Å². The summed E-state index contributed by atoms with van der Waals surface area (Å²) in [6.07, 6.45) is 4.09. The van der Waals surface area contributed by atoms with Gasteiger partial charge in [0, 0.05) is 6.54 Å². The second-order valence-corrected chi connectivity index (χ2v) is 8.56. The van der Waals surface area contributed by atoms with E-state index in [0.717, 1.165) is 32.4 Å². The summed E-state index contributed by atoms with van der Waals surface area (Å²) in [6, 6.07) is 0. The van der Waals surface area contributed by atoms with Crippen LogP contribution in [0.2, 0.25) is 0 Å². The first-order valence-electron chi connectivity index (χ1n) is 7.67. The molecule has 0 aromatic rings. The Morgan fingerprint density at radius 1 is 1.33 bits per heavy atom. The summed E-state index contributed by atoms with van der Waals surface area (Å²) in [7, 11) is -1.49. The highest BCUT2D eigenvalue weighted by molar-refractivity contribution is 7.91. The number of sulfone groups is 1. The van der Waals surface area contributed by atoms with Crippen molar-refractivity contribution in [2.45, 2.75) is 37.6 Å². The molecule has 21 heavy (non-hydrogen) atoms. The zero-order chi connectivity index (χ0) is 15.5. The standard InChI is InChI=1S/C14H26N2O4S/c1-20-13(17)14(15)6-2-4-12(14)5-8-16-7-3-10-21(18,19)11-9-16/h12H,2-11,15H2,1H3. The summed E-state index contributed by atoms with van der Waals surface area (Å²) >= 11 is 0. The number of carbonyl (C=O) groups excluding carboxylic acids is 1. The molecule has 2 atom stereocenters. The molecule has 6 nitrogen and oxygen atoms in total. The first-order chi connectivity index (χ1) is 9.87. The van der Waals surface area contributed by atoms with E-state index < -0.39 is 15.4 Å². The molecule has 0 spiro atoms. The zero-order valence-electron chi connectivity index (χ0n) is 12.7. The van der Waals surface area contributed by atoms with Crippen LogP contribution in [0.5, 0.6) is 0 Å². The van der Waals surface area contributed by atoms with Gasteiger partial charge in [-0.05, 0) is 44.7 Å². The van der Waals surface area contributed by atoms with E-state index in [0.29, 0.717) is 19.4 Å². The van der Waals surface area contributed by atoms with Crippen molar-refractivity contribution in [2.24, 2.45) is 11.7 Å². The molecular weight excluding hydrogens is 292 g/mol. The van der Waals surface area contributed by atoms with Gasteiger partial charge in [-0.15, -0.1) is 0 Å². The third kappa shape index (κ3) is 3.96. The van der Waals surface area contributed by atoms with E-state index in [1.54, 1.807) is 0 Å². The van der Waals surface area contributed by atoms with Crippen LogP contribution in [-0.2, 0) is 19.4 Å². The van der Waals surface area contributed by atoms with Gasteiger partial charge in [0.1, 0.15) is 5.54 Å². The van der Waals surface area contributed by atoms with Gasteiger partial charge in [-0.1, -0.05) is 6.42 Å². The van der Waals surface area contributed by atoms with Crippen molar-refractivity contribution in [3.63, 3.8) is 0 Å². The lowest BCUT2D eigenvalue weighted by Gasteiger charge is -2.30. The monoisotopic (exact) mass is 318 g/mol. The van der Waals surface area contributed by atoms with E-state index in [1.807, 2.05) is 0 Å². The van der Waals surface area contributed by atoms with Gasteiger partial charge in [0.25, 0.3) is 0 Å². The van der Waals surface area contributed by atoms with Crippen LogP contribution in [0.25, 0.3) is 0 Å². The average Bonchev–Trinajstić information content (AvgIpc) is 2.73. The minimum atomic E-state index is -2.87. The number of carbonyl (C=O) groups is 1. The molecule has 1 aliphatic carbocycles. The van der Waals surface area contributed by atoms with Crippen molar-refractivity contribution < 1.29 is 17.9 Å². The first kappa shape index (κ1) is 16.7. The van der Waals surface area contributed by atoms with Gasteiger partial charge in [0.2, 0.25) is 0 Å². The highest BCUT2D eigenvalue weighted by Crippen LogP contribution is 2.37. The van der Waals surface area contributed by atoms with Gasteiger partial charge in [0.15, 0.2) is 9.84 Å². The molecule has 2 unspecified atom stereocenters. The van der Waals surface area contributed by atoms with Crippen LogP contribution >= 0.6 is 0 Å². The molecule has 122 valence electrons. The van der Waals surface area contributed by atoms with E-state index in [9.17, 15) is 13.2 Å². The summed E-state index contributed by atoms with van der Waals surface area (Å²) in [6.45, 7) is 2.20. The third-order valence-electron chi connectivity index (χ3n) is 4.88. The second kappa shape index (κ2) is 6.62. The fraction of sp³-hybridized carbons (Fsp3) is 0.929. The van der Waals surface area contributed by atoms with Crippen LogP contribution in [0, 0.1) is 5.92 Å². The van der Waals surface area contributed by atoms with Crippen LogP contribution in [-0.4, -0.2) is 63.1 Å². The third-order valence-corrected chi connectivity index (χ3v) is 6.59. The lowest BCUT2D eigenvalue weighted by molar-refractivity contribution is -0.148. The van der Waals surface area contributed by atoms with Crippen molar-refractivity contribution in [1.29, 1.82) is 0 Å². The molecule has 2 aliphatic rings. The summed E-state index contributed by atoms with van der Waals surface area (Å²) < 4.78 is 28.0. The molecule has 0 bridgehead atoms. The maximum atomic E-state index is 11.9. The molecule has 7 heteroatoms. The summed E-state index contributed by atoms with van der Waals surface area (Å²) in [5.74, 6) is 0.339. The Morgan fingerprint density at radius 2 is 2.10 bits per heavy atom. The second-order valence-electron chi connectivity index (χ2n) is 6.26. The highest BCUT2D eigenvalue weighted by Gasteiger charge is 2.46. The minimum Gasteiger partial charge on any atom is -0.468 e. The van der Waals surface area contributed by atoms with Crippen molar-refractivity contribution in [2.75, 3.05) is 38.2 Å². The van der Waals surface area contributed by atoms with Crippen molar-refractivity contribution >= 4 is 15.8 Å². The van der Waals surface area contributed by atoms with Gasteiger partial charge in [0.05, 0.1) is 18.6 Å². The topological polar surface area (TPSA) is 89.7 Å². The minimum absolute atomic E-state index is 0.129. The molecule has 1 saturated heterocycles. The van der Waals surface area contributed by atoms with Crippen molar-refractivity contribution in [1.82, 2.24) is 4.90 Å². The number of rotatable bonds is 4. The van der Waals surface area contributed by atoms with Gasteiger partial charge in [-0.25, -0.2) is 8.42 Å². The van der Waals surface area contributed by atoms with Crippen LogP contribution in [0.15, 0.2) is 0 Å². The van der Waals surface area contributed by atoms with Gasteiger partial charge < -0.3 is 15.4 Å². The maximum Gasteiger partial charge on any atom is 0.326 e. The van der Waals surface area contributed by atoms with E-state index in [1.165, 1.54) is 7.11 Å². The van der Waals surface area contributed by atoms with Gasteiger partial charge in [-0.3, -0.25) is 4.79 Å². The number of ether oxygens (including phenoxy) is 1. The first-order valence-corrected chi connectivity index (χ1v) is 9.49. The SMILES string of the molecule is COC(=O)C1(N)CCCC1CCN1CCCS(=O)(=O)CC1. The molecule has 0 amide bonds.